The maximum atomic E-state index is 11.9. The van der Waals surface area contributed by atoms with Crippen LogP contribution in [0, 0.1) is 121 Å². The lowest BCUT2D eigenvalue weighted by Crippen LogP contribution is -2.35. The summed E-state index contributed by atoms with van der Waals surface area (Å²) in [7, 11) is 0. The van der Waals surface area contributed by atoms with Crippen molar-refractivity contribution in [3.63, 3.8) is 0 Å². The van der Waals surface area contributed by atoms with E-state index in [4.69, 9.17) is 85.5 Å². The first-order valence-electron chi connectivity index (χ1n) is 43.1. The van der Waals surface area contributed by atoms with E-state index in [0.717, 1.165) is 25.7 Å². The zero-order valence-electron chi connectivity index (χ0n) is 77.7. The van der Waals surface area contributed by atoms with Gasteiger partial charge >= 0.3 is 59.7 Å². The SMILES string of the molecule is NC(CC(=O)OCCCCC(CO[N+](=O)[O-])O[N+](=O)[O-])C(=O)OCCCCC(CO[N+](=O)[O-])O[N+](=O)[O-].NC(CC(=O)OCCCCO[N+](=O)[O-])C(=O)OCCCCO[N+](=O)[O-].NC(CCC(=O)OCCCCCCO[N+](=O)[O-])C(=O)OCCCCCCO[N+](=O)[O-].NC(CCC(=O)OCCCO[N+](=O)[O-])C(=O)OCCCO[N+](=O)[O-].NC(CCC(=O)OCCOCCO[N+](=O)[O-])C(=O)OCCOCCO[N+](=O)[O-]. The Hall–Kier alpha value is -15.2. The number of ether oxygens (including phenoxy) is 12. The monoisotopic (exact) mass is 2120 g/mol. The van der Waals surface area contributed by atoms with E-state index >= 15 is 0 Å². The molecule has 75 heteroatoms. The van der Waals surface area contributed by atoms with Crippen molar-refractivity contribution in [1.82, 2.24) is 0 Å². The summed E-state index contributed by atoms with van der Waals surface area (Å²) < 4.78 is 58.5. The second kappa shape index (κ2) is 94.1. The van der Waals surface area contributed by atoms with Crippen LogP contribution in [0.2, 0.25) is 0 Å². The van der Waals surface area contributed by atoms with Gasteiger partial charge in [-0.1, -0.05) is 12.8 Å². The molecule has 0 aromatic carbocycles. The van der Waals surface area contributed by atoms with Crippen LogP contribution in [-0.4, -0.2) is 322 Å². The van der Waals surface area contributed by atoms with Crippen molar-refractivity contribution in [2.75, 3.05) is 159 Å². The summed E-state index contributed by atoms with van der Waals surface area (Å²) in [6, 6.07) is -5.48. The van der Waals surface area contributed by atoms with E-state index in [1.807, 2.05) is 0 Å². The normalized spacial score (nSPS) is 11.7. The maximum Gasteiger partial charge on any atom is 0.323 e. The fourth-order valence-corrected chi connectivity index (χ4v) is 9.25. The van der Waals surface area contributed by atoms with Crippen molar-refractivity contribution in [2.45, 2.75) is 222 Å². The molecule has 0 bridgehead atoms. The summed E-state index contributed by atoms with van der Waals surface area (Å²) >= 11 is 0. The standard InChI is InChI=1S/C17H31N3O10.C16H27N5O16.C13H23N3O12.C12H21N3O10.C11H19N3O10/c18-15(17(22)28-12-6-2-4-8-14-30-20(25)26)9-10-16(21)27-11-5-1-3-7-13-29-19(23)24;17-14(16(23)33-8-4-2-6-13(37-21(30)31)11-35-19(26)27)9-15(22)32-7-3-1-5-12(36-20(28)29)10-34-18(24)25;14-11(13(18)26-8-4-24-6-10-28-16(21)22)1-2-12(17)25-7-3-23-5-9-27-15(19)20;13-10(12(17)23-6-2-4-8-25-15(20)21)9-11(16)22-5-1-3-7-24-14(18)19;12-9(11(16)22-6-2-8-24-14(19)20)3-4-10(15)21-5-1-7-23-13(17)18/h15H,1-14,18H2;12-14H,1-11,17H2;11H,1-10,14H2;10H,1-9,13H2;9H,1-8,12H2. The van der Waals surface area contributed by atoms with Crippen molar-refractivity contribution >= 4 is 59.7 Å². The van der Waals surface area contributed by atoms with Crippen molar-refractivity contribution < 1.29 is 224 Å². The van der Waals surface area contributed by atoms with E-state index in [2.05, 4.69) is 58.1 Å². The van der Waals surface area contributed by atoms with E-state index in [0.29, 0.717) is 51.4 Å². The molecule has 0 heterocycles. The van der Waals surface area contributed by atoms with Crippen LogP contribution in [0.4, 0.5) is 0 Å². The highest BCUT2D eigenvalue weighted by molar-refractivity contribution is 5.83. The minimum absolute atomic E-state index is 0.000891. The highest BCUT2D eigenvalue weighted by Gasteiger charge is 2.26. The van der Waals surface area contributed by atoms with Crippen molar-refractivity contribution in [3.8, 4) is 0 Å². The molecule has 7 unspecified atom stereocenters. The molecule has 0 aliphatic heterocycles. The molecule has 0 spiro atoms. The second-order valence-electron chi connectivity index (χ2n) is 27.6. The molecule has 0 rings (SSSR count). The Balaban J connectivity index is -0.000000564. The Morgan fingerprint density at radius 3 is 0.667 bits per heavy atom. The third-order valence-electron chi connectivity index (χ3n) is 16.1. The first kappa shape index (κ1) is 137. The van der Waals surface area contributed by atoms with Crippen LogP contribution in [0.3, 0.4) is 0 Å². The average molecular weight is 2120 g/mol. The van der Waals surface area contributed by atoms with Gasteiger partial charge in [-0.05, 0) is 122 Å². The van der Waals surface area contributed by atoms with Gasteiger partial charge in [0.1, 0.15) is 82.1 Å². The highest BCUT2D eigenvalue weighted by atomic mass is 17.0. The number of hydrogen-bond donors (Lipinski definition) is 5. The number of carbonyl (C=O) groups is 10. The minimum Gasteiger partial charge on any atom is -0.466 e. The van der Waals surface area contributed by atoms with Gasteiger partial charge in [-0.3, -0.25) is 47.9 Å². The van der Waals surface area contributed by atoms with Crippen molar-refractivity contribution in [2.24, 2.45) is 28.7 Å². The maximum absolute atomic E-state index is 11.9. The number of esters is 10. The van der Waals surface area contributed by atoms with Crippen LogP contribution in [-0.2, 0) is 163 Å². The Labute approximate surface area is 812 Å². The molecule has 7 atom stereocenters. The van der Waals surface area contributed by atoms with Gasteiger partial charge in [-0.15, -0.1) is 121 Å². The van der Waals surface area contributed by atoms with E-state index in [1.165, 1.54) is 0 Å². The first-order chi connectivity index (χ1) is 68.2. The zero-order chi connectivity index (χ0) is 109. The van der Waals surface area contributed by atoms with Gasteiger partial charge in [0.2, 0.25) is 0 Å². The van der Waals surface area contributed by atoms with Crippen LogP contribution >= 0.6 is 0 Å². The van der Waals surface area contributed by atoms with Crippen LogP contribution < -0.4 is 28.7 Å². The number of nitrogens with zero attached hydrogens (tertiary/aromatic N) is 12. The topological polar surface area (TPSA) is 1040 Å². The summed E-state index contributed by atoms with van der Waals surface area (Å²) in [6.07, 6.45) is 4.54. The number of hydrogen-bond acceptors (Lipinski definition) is 63. The summed E-state index contributed by atoms with van der Waals surface area (Å²) in [4.78, 5) is 285. The lowest BCUT2D eigenvalue weighted by Gasteiger charge is -2.14. The molecule has 0 aliphatic rings. The first-order valence-corrected chi connectivity index (χ1v) is 43.1. The van der Waals surface area contributed by atoms with Crippen LogP contribution in [0.15, 0.2) is 0 Å². The molecule has 0 amide bonds. The van der Waals surface area contributed by atoms with Crippen molar-refractivity contribution in [1.29, 1.82) is 0 Å². The van der Waals surface area contributed by atoms with Gasteiger partial charge in [-0.2, -0.15) is 0 Å². The Morgan fingerprint density at radius 1 is 0.188 bits per heavy atom. The number of carbonyl (C=O) groups excluding carboxylic acids is 10. The fourth-order valence-electron chi connectivity index (χ4n) is 9.25. The largest absolute Gasteiger partial charge is 0.466 e. The second-order valence-corrected chi connectivity index (χ2v) is 27.6. The van der Waals surface area contributed by atoms with Crippen LogP contribution in [0.25, 0.3) is 0 Å². The molecule has 75 nitrogen and oxygen atoms in total. The number of unbranched alkanes of at least 4 members (excludes halogenated alkanes) is 10. The molecule has 0 saturated carbocycles. The predicted molar refractivity (Wildman–Crippen MR) is 454 cm³/mol. The summed E-state index contributed by atoms with van der Waals surface area (Å²) in [5.41, 5.74) is 27.9. The van der Waals surface area contributed by atoms with Crippen LogP contribution in [0.1, 0.15) is 180 Å². The molecule has 0 aliphatic carbocycles. The highest BCUT2D eigenvalue weighted by Crippen LogP contribution is 2.13. The molecule has 0 saturated heterocycles. The van der Waals surface area contributed by atoms with E-state index in [-0.39, 0.29) is 242 Å². The fraction of sp³-hybridized carbons (Fsp3) is 0.855. The average Bonchev–Trinajstić information content (AvgIpc) is 0.957. The van der Waals surface area contributed by atoms with Gasteiger partial charge in [-0.25, -0.2) is 0 Å². The quantitative estimate of drug-likeness (QED) is 0.0163. The molecule has 144 heavy (non-hydrogen) atoms. The van der Waals surface area contributed by atoms with Gasteiger partial charge in [0, 0.05) is 32.1 Å². The van der Waals surface area contributed by atoms with Crippen LogP contribution in [0.5, 0.6) is 0 Å². The van der Waals surface area contributed by atoms with Gasteiger partial charge in [0.05, 0.1) is 132 Å². The Bertz CT molecular complexity index is 3700. The number of nitrogens with two attached hydrogens (primary N) is 5. The molecule has 0 aromatic rings. The van der Waals surface area contributed by atoms with E-state index < -0.39 is 183 Å². The smallest absolute Gasteiger partial charge is 0.323 e. The van der Waals surface area contributed by atoms with Gasteiger partial charge < -0.3 is 144 Å². The Kier molecular flexibility index (Phi) is 89.7. The molecule has 10 N–H and O–H groups in total. The molecule has 0 aromatic heterocycles. The minimum atomic E-state index is -1.33. The van der Waals surface area contributed by atoms with E-state index in [9.17, 15) is 169 Å². The van der Waals surface area contributed by atoms with Crippen molar-refractivity contribution in [3.05, 3.63) is 121 Å². The third kappa shape index (κ3) is 106. The summed E-state index contributed by atoms with van der Waals surface area (Å²) in [6.45, 7) is -2.38. The predicted octanol–water partition coefficient (Wildman–Crippen LogP) is -0.807. The third-order valence-corrected chi connectivity index (χ3v) is 16.1. The molecular formula is C69H121N17O58. The van der Waals surface area contributed by atoms with E-state index in [1.54, 1.807) is 0 Å². The van der Waals surface area contributed by atoms with Gasteiger partial charge in [0.25, 0.3) is 61.0 Å². The molecule has 830 valence electrons. The lowest BCUT2D eigenvalue weighted by molar-refractivity contribution is -0.790. The molecule has 0 fully saturated rings. The lowest BCUT2D eigenvalue weighted by atomic mass is 10.1. The van der Waals surface area contributed by atoms with Gasteiger partial charge in [0.15, 0.2) is 0 Å². The summed E-state index contributed by atoms with van der Waals surface area (Å²) in [5, 5.41) is 109. The number of rotatable bonds is 90. The molecular weight excluding hydrogens is 1990 g/mol. The zero-order valence-corrected chi connectivity index (χ0v) is 77.7. The summed E-state index contributed by atoms with van der Waals surface area (Å²) in [5.74, 6) is -6.92. The Morgan fingerprint density at radius 2 is 0.382 bits per heavy atom. The molecule has 0 radical (unpaired) electrons.